The highest BCUT2D eigenvalue weighted by Crippen LogP contribution is 2.42. The Morgan fingerprint density at radius 1 is 1.12 bits per heavy atom. The van der Waals surface area contributed by atoms with E-state index >= 15 is 0 Å². The molecule has 0 radical (unpaired) electrons. The van der Waals surface area contributed by atoms with E-state index in [1.54, 1.807) is 0 Å². The maximum Gasteiger partial charge on any atom is 0.310 e. The van der Waals surface area contributed by atoms with Crippen LogP contribution in [-0.4, -0.2) is 22.2 Å². The van der Waals surface area contributed by atoms with Gasteiger partial charge in [0.25, 0.3) is 0 Å². The molecule has 0 heterocycles. The molecular formula is C22H38O4. The molecule has 0 spiro atoms. The Labute approximate surface area is 159 Å². The van der Waals surface area contributed by atoms with Gasteiger partial charge in [0, 0.05) is 0 Å². The van der Waals surface area contributed by atoms with Gasteiger partial charge in [0.15, 0.2) is 0 Å². The van der Waals surface area contributed by atoms with Gasteiger partial charge in [0.1, 0.15) is 0 Å². The van der Waals surface area contributed by atoms with Gasteiger partial charge in [-0.2, -0.15) is 0 Å². The van der Waals surface area contributed by atoms with E-state index in [2.05, 4.69) is 13.0 Å². The predicted octanol–water partition coefficient (Wildman–Crippen LogP) is 6.06. The highest BCUT2D eigenvalue weighted by molar-refractivity contribution is 5.76. The van der Waals surface area contributed by atoms with Crippen molar-refractivity contribution in [2.75, 3.05) is 0 Å². The third kappa shape index (κ3) is 6.44. The second kappa shape index (κ2) is 11.4. The molecule has 2 N–H and O–H groups in total. The van der Waals surface area contributed by atoms with Crippen LogP contribution in [0.25, 0.3) is 0 Å². The molecule has 26 heavy (non-hydrogen) atoms. The van der Waals surface area contributed by atoms with Crippen LogP contribution in [0.4, 0.5) is 0 Å². The summed E-state index contributed by atoms with van der Waals surface area (Å²) in [5, 5.41) is 19.8. The highest BCUT2D eigenvalue weighted by atomic mass is 16.4. The summed E-state index contributed by atoms with van der Waals surface area (Å²) in [4.78, 5) is 24.1. The standard InChI is InChI=1S/C22H38O4/c1-4-6-7-11-14-18(22(3,15-5-2)21(25)26)16-19(20(23)24)17-12-9-8-10-13-17/h12,18-19H,4-11,13-16H2,1-3H3,(H,23,24)(H,25,26). The summed E-state index contributed by atoms with van der Waals surface area (Å²) in [6.45, 7) is 6.00. The van der Waals surface area contributed by atoms with Crippen molar-refractivity contribution in [3.8, 4) is 0 Å². The summed E-state index contributed by atoms with van der Waals surface area (Å²) < 4.78 is 0. The fraction of sp³-hybridized carbons (Fsp3) is 0.818. The van der Waals surface area contributed by atoms with E-state index in [0.717, 1.165) is 69.8 Å². The van der Waals surface area contributed by atoms with Crippen molar-refractivity contribution >= 4 is 11.9 Å². The molecule has 0 saturated heterocycles. The van der Waals surface area contributed by atoms with Gasteiger partial charge in [-0.1, -0.05) is 57.6 Å². The van der Waals surface area contributed by atoms with E-state index in [9.17, 15) is 19.8 Å². The van der Waals surface area contributed by atoms with Crippen molar-refractivity contribution in [1.82, 2.24) is 0 Å². The van der Waals surface area contributed by atoms with Crippen LogP contribution in [0.5, 0.6) is 0 Å². The molecule has 1 aliphatic rings. The molecule has 0 bridgehead atoms. The van der Waals surface area contributed by atoms with Crippen LogP contribution in [0.3, 0.4) is 0 Å². The molecule has 0 aliphatic heterocycles. The highest BCUT2D eigenvalue weighted by Gasteiger charge is 2.42. The summed E-state index contributed by atoms with van der Waals surface area (Å²) >= 11 is 0. The predicted molar refractivity (Wildman–Crippen MR) is 105 cm³/mol. The Bertz CT molecular complexity index is 483. The van der Waals surface area contributed by atoms with E-state index in [0.29, 0.717) is 12.8 Å². The van der Waals surface area contributed by atoms with Gasteiger partial charge in [0.2, 0.25) is 0 Å². The Kier molecular flexibility index (Phi) is 9.97. The number of unbranched alkanes of at least 4 members (excludes halogenated alkanes) is 3. The number of rotatable bonds is 13. The average Bonchev–Trinajstić information content (AvgIpc) is 2.61. The zero-order valence-electron chi connectivity index (χ0n) is 16.9. The van der Waals surface area contributed by atoms with E-state index in [-0.39, 0.29) is 5.92 Å². The Balaban J connectivity index is 3.01. The molecule has 3 atom stereocenters. The van der Waals surface area contributed by atoms with Crippen LogP contribution < -0.4 is 0 Å². The van der Waals surface area contributed by atoms with E-state index in [4.69, 9.17) is 0 Å². The largest absolute Gasteiger partial charge is 0.481 e. The zero-order valence-corrected chi connectivity index (χ0v) is 16.9. The lowest BCUT2D eigenvalue weighted by atomic mass is 9.67. The molecule has 150 valence electrons. The van der Waals surface area contributed by atoms with Crippen molar-refractivity contribution in [3.63, 3.8) is 0 Å². The molecular weight excluding hydrogens is 328 g/mol. The van der Waals surface area contributed by atoms with Crippen molar-refractivity contribution in [2.24, 2.45) is 17.3 Å². The normalized spacial score (nSPS) is 19.3. The van der Waals surface area contributed by atoms with Crippen molar-refractivity contribution in [1.29, 1.82) is 0 Å². The van der Waals surface area contributed by atoms with Crippen LogP contribution in [0.1, 0.15) is 97.8 Å². The number of carboxylic acid groups (broad SMARTS) is 2. The summed E-state index contributed by atoms with van der Waals surface area (Å²) in [5.74, 6) is -2.19. The molecule has 0 saturated carbocycles. The first-order valence-corrected chi connectivity index (χ1v) is 10.5. The summed E-state index contributed by atoms with van der Waals surface area (Å²) in [6.07, 6.45) is 13.1. The van der Waals surface area contributed by atoms with E-state index in [1.807, 2.05) is 13.8 Å². The van der Waals surface area contributed by atoms with E-state index in [1.165, 1.54) is 0 Å². The lowest BCUT2D eigenvalue weighted by Crippen LogP contribution is -2.38. The van der Waals surface area contributed by atoms with E-state index < -0.39 is 23.3 Å². The van der Waals surface area contributed by atoms with Crippen molar-refractivity contribution in [3.05, 3.63) is 11.6 Å². The molecule has 4 heteroatoms. The molecule has 0 aromatic carbocycles. The topological polar surface area (TPSA) is 74.6 Å². The van der Waals surface area contributed by atoms with Crippen LogP contribution in [0.15, 0.2) is 11.6 Å². The fourth-order valence-corrected chi connectivity index (χ4v) is 4.39. The first-order chi connectivity index (χ1) is 12.4. The second-order valence-electron chi connectivity index (χ2n) is 8.17. The SMILES string of the molecule is CCCCCCC(CC(C(=O)O)C1=CCCCC1)C(C)(CCC)C(=O)O. The van der Waals surface area contributed by atoms with Crippen molar-refractivity contribution < 1.29 is 19.8 Å². The second-order valence-corrected chi connectivity index (χ2v) is 8.17. The molecule has 0 aromatic heterocycles. The maximum atomic E-state index is 12.1. The average molecular weight is 367 g/mol. The molecule has 1 rings (SSSR count). The van der Waals surface area contributed by atoms with Gasteiger partial charge in [-0.05, 0) is 57.8 Å². The summed E-state index contributed by atoms with van der Waals surface area (Å²) in [5.41, 5.74) is 0.177. The smallest absolute Gasteiger partial charge is 0.310 e. The zero-order chi connectivity index (χ0) is 19.6. The number of carboxylic acids is 2. The summed E-state index contributed by atoms with van der Waals surface area (Å²) in [7, 11) is 0. The molecule has 4 nitrogen and oxygen atoms in total. The number of hydrogen-bond donors (Lipinski definition) is 2. The fourth-order valence-electron chi connectivity index (χ4n) is 4.39. The number of aliphatic carboxylic acids is 2. The lowest BCUT2D eigenvalue weighted by Gasteiger charge is -2.36. The molecule has 0 fully saturated rings. The number of carbonyl (C=O) groups is 2. The Morgan fingerprint density at radius 2 is 1.85 bits per heavy atom. The van der Waals surface area contributed by atoms with Gasteiger partial charge in [-0.15, -0.1) is 0 Å². The molecule has 3 unspecified atom stereocenters. The minimum Gasteiger partial charge on any atom is -0.481 e. The third-order valence-electron chi connectivity index (χ3n) is 6.16. The third-order valence-corrected chi connectivity index (χ3v) is 6.16. The molecule has 1 aliphatic carbocycles. The minimum absolute atomic E-state index is 0.0965. The van der Waals surface area contributed by atoms with Crippen LogP contribution in [0, 0.1) is 17.3 Å². The molecule has 0 aromatic rings. The van der Waals surface area contributed by atoms with Gasteiger partial charge in [-0.3, -0.25) is 9.59 Å². The minimum atomic E-state index is -0.843. The monoisotopic (exact) mass is 366 g/mol. The first-order valence-electron chi connectivity index (χ1n) is 10.5. The van der Waals surface area contributed by atoms with Crippen LogP contribution >= 0.6 is 0 Å². The Hall–Kier alpha value is -1.32. The van der Waals surface area contributed by atoms with Crippen LogP contribution in [-0.2, 0) is 9.59 Å². The van der Waals surface area contributed by atoms with Gasteiger partial charge in [-0.25, -0.2) is 0 Å². The van der Waals surface area contributed by atoms with Gasteiger partial charge >= 0.3 is 11.9 Å². The quantitative estimate of drug-likeness (QED) is 0.307. The maximum absolute atomic E-state index is 12.1. The summed E-state index contributed by atoms with van der Waals surface area (Å²) in [6, 6.07) is 0. The number of allylic oxidation sites excluding steroid dienone is 1. The van der Waals surface area contributed by atoms with Gasteiger partial charge in [0.05, 0.1) is 11.3 Å². The Morgan fingerprint density at radius 3 is 2.35 bits per heavy atom. The first kappa shape index (κ1) is 22.7. The van der Waals surface area contributed by atoms with Crippen LogP contribution in [0.2, 0.25) is 0 Å². The number of hydrogen-bond acceptors (Lipinski definition) is 2. The molecule has 0 amide bonds. The van der Waals surface area contributed by atoms with Crippen molar-refractivity contribution in [2.45, 2.75) is 97.8 Å². The lowest BCUT2D eigenvalue weighted by molar-refractivity contribution is -0.154. The van der Waals surface area contributed by atoms with Gasteiger partial charge < -0.3 is 10.2 Å².